The Morgan fingerprint density at radius 1 is 1.18 bits per heavy atom. The van der Waals surface area contributed by atoms with Gasteiger partial charge in [-0.05, 0) is 23.8 Å². The summed E-state index contributed by atoms with van der Waals surface area (Å²) >= 11 is 0. The largest absolute Gasteiger partial charge is 0.508 e. The van der Waals surface area contributed by atoms with Crippen LogP contribution in [0.1, 0.15) is 11.6 Å². The Bertz CT molecular complexity index is 1030. The minimum Gasteiger partial charge on any atom is -0.508 e. The summed E-state index contributed by atoms with van der Waals surface area (Å²) < 4.78 is 0. The summed E-state index contributed by atoms with van der Waals surface area (Å²) in [6, 6.07) is 11.0. The second-order valence-electron chi connectivity index (χ2n) is 6.56. The fourth-order valence-electron chi connectivity index (χ4n) is 3.47. The molecular formula is C19H16N4O5. The summed E-state index contributed by atoms with van der Waals surface area (Å²) in [5, 5.41) is 23.4. The van der Waals surface area contributed by atoms with Crippen molar-refractivity contribution in [3.05, 3.63) is 75.5 Å². The maximum atomic E-state index is 13.2. The van der Waals surface area contributed by atoms with E-state index >= 15 is 0 Å². The van der Waals surface area contributed by atoms with Crippen molar-refractivity contribution in [2.45, 2.75) is 6.04 Å². The Labute approximate surface area is 159 Å². The van der Waals surface area contributed by atoms with E-state index in [9.17, 15) is 24.8 Å². The number of hydrogen-bond acceptors (Lipinski definition) is 5. The first-order chi connectivity index (χ1) is 13.4. The van der Waals surface area contributed by atoms with Crippen LogP contribution in [0.15, 0.2) is 59.8 Å². The van der Waals surface area contributed by atoms with Crippen LogP contribution in [0.2, 0.25) is 0 Å². The van der Waals surface area contributed by atoms with Crippen molar-refractivity contribution in [3.8, 4) is 5.75 Å². The maximum Gasteiger partial charge on any atom is 0.322 e. The van der Waals surface area contributed by atoms with E-state index in [-0.39, 0.29) is 29.9 Å². The molecule has 142 valence electrons. The van der Waals surface area contributed by atoms with Gasteiger partial charge in [-0.2, -0.15) is 0 Å². The Morgan fingerprint density at radius 3 is 2.57 bits per heavy atom. The molecule has 0 spiro atoms. The molecule has 2 N–H and O–H groups in total. The van der Waals surface area contributed by atoms with Crippen LogP contribution in [0, 0.1) is 10.1 Å². The van der Waals surface area contributed by atoms with E-state index in [1.54, 1.807) is 25.2 Å². The number of benzene rings is 2. The van der Waals surface area contributed by atoms with Gasteiger partial charge in [-0.3, -0.25) is 19.8 Å². The summed E-state index contributed by atoms with van der Waals surface area (Å²) in [7, 11) is 1.57. The molecule has 2 aliphatic rings. The van der Waals surface area contributed by atoms with Crippen molar-refractivity contribution in [2.75, 3.05) is 18.5 Å². The summed E-state index contributed by atoms with van der Waals surface area (Å²) in [6.07, 6.45) is 0. The molecule has 28 heavy (non-hydrogen) atoms. The molecule has 0 unspecified atom stereocenters. The average Bonchev–Trinajstić information content (AvgIpc) is 3.03. The highest BCUT2D eigenvalue weighted by atomic mass is 16.6. The van der Waals surface area contributed by atoms with Gasteiger partial charge in [-0.1, -0.05) is 18.2 Å². The third-order valence-electron chi connectivity index (χ3n) is 4.94. The Balaban J connectivity index is 1.75. The second kappa shape index (κ2) is 6.38. The summed E-state index contributed by atoms with van der Waals surface area (Å²) in [5.41, 5.74) is 1.87. The van der Waals surface area contributed by atoms with Crippen LogP contribution in [0.5, 0.6) is 5.75 Å². The lowest BCUT2D eigenvalue weighted by atomic mass is 9.95. The Morgan fingerprint density at radius 2 is 1.89 bits per heavy atom. The van der Waals surface area contributed by atoms with Crippen LogP contribution in [0.4, 0.5) is 16.2 Å². The highest BCUT2D eigenvalue weighted by Crippen LogP contribution is 2.38. The minimum atomic E-state index is -0.671. The van der Waals surface area contributed by atoms with Crippen LogP contribution in [0.3, 0.4) is 0 Å². The van der Waals surface area contributed by atoms with Crippen LogP contribution < -0.4 is 10.2 Å². The van der Waals surface area contributed by atoms with E-state index in [1.807, 2.05) is 0 Å². The third-order valence-corrected chi connectivity index (χ3v) is 4.94. The monoisotopic (exact) mass is 380 g/mol. The molecule has 9 heteroatoms. The lowest BCUT2D eigenvalue weighted by molar-refractivity contribution is -0.384. The number of nitrogens with one attached hydrogen (secondary N) is 1. The summed E-state index contributed by atoms with van der Waals surface area (Å²) in [6.45, 7) is 0.133. The fraction of sp³-hybridized carbons (Fsp3) is 0.158. The predicted octanol–water partition coefficient (Wildman–Crippen LogP) is 2.30. The molecule has 1 atom stereocenters. The van der Waals surface area contributed by atoms with Gasteiger partial charge in [0.05, 0.1) is 34.5 Å². The van der Waals surface area contributed by atoms with Gasteiger partial charge in [0.2, 0.25) is 0 Å². The number of non-ortho nitro benzene ring substituents is 1. The van der Waals surface area contributed by atoms with Gasteiger partial charge < -0.3 is 15.3 Å². The van der Waals surface area contributed by atoms with Crippen molar-refractivity contribution in [3.63, 3.8) is 0 Å². The zero-order valence-corrected chi connectivity index (χ0v) is 14.8. The number of nitrogens with zero attached hydrogens (tertiary/aromatic N) is 3. The number of nitro groups is 1. The van der Waals surface area contributed by atoms with Gasteiger partial charge in [0.15, 0.2) is 0 Å². The Kier molecular flexibility index (Phi) is 3.99. The maximum absolute atomic E-state index is 13.2. The second-order valence-corrected chi connectivity index (χ2v) is 6.56. The number of anilines is 1. The van der Waals surface area contributed by atoms with E-state index in [4.69, 9.17) is 0 Å². The molecule has 0 saturated heterocycles. The predicted molar refractivity (Wildman–Crippen MR) is 99.6 cm³/mol. The van der Waals surface area contributed by atoms with Gasteiger partial charge in [-0.25, -0.2) is 4.79 Å². The van der Waals surface area contributed by atoms with Crippen molar-refractivity contribution in [1.29, 1.82) is 0 Å². The van der Waals surface area contributed by atoms with E-state index in [2.05, 4.69) is 5.32 Å². The zero-order valence-electron chi connectivity index (χ0n) is 14.8. The molecular weight excluding hydrogens is 364 g/mol. The number of aromatic hydroxyl groups is 1. The molecule has 4 rings (SSSR count). The van der Waals surface area contributed by atoms with Crippen molar-refractivity contribution in [2.24, 2.45) is 0 Å². The van der Waals surface area contributed by atoms with Crippen molar-refractivity contribution < 1.29 is 19.6 Å². The fourth-order valence-corrected chi connectivity index (χ4v) is 3.47. The first kappa shape index (κ1) is 17.5. The SMILES string of the molecule is CN1C(=O)N[C@H](c2ccc(O)cc2)C2=C1CN(c1cccc([N+](=O)[O-])c1)C2=O. The molecule has 0 aliphatic carbocycles. The molecule has 9 nitrogen and oxygen atoms in total. The van der Waals surface area contributed by atoms with Crippen LogP contribution in [-0.2, 0) is 4.79 Å². The number of carbonyl (C=O) groups is 2. The molecule has 0 aromatic heterocycles. The lowest BCUT2D eigenvalue weighted by Gasteiger charge is -2.31. The number of amides is 3. The van der Waals surface area contributed by atoms with E-state index in [1.165, 1.54) is 40.1 Å². The van der Waals surface area contributed by atoms with Crippen LogP contribution in [-0.4, -0.2) is 40.5 Å². The minimum absolute atomic E-state index is 0.0770. The summed E-state index contributed by atoms with van der Waals surface area (Å²) in [4.78, 5) is 38.9. The Hall–Kier alpha value is -3.88. The molecule has 2 aliphatic heterocycles. The first-order valence-electron chi connectivity index (χ1n) is 8.49. The number of hydrogen-bond donors (Lipinski definition) is 2. The molecule has 0 fully saturated rings. The van der Waals surface area contributed by atoms with Gasteiger partial charge in [-0.15, -0.1) is 0 Å². The summed E-state index contributed by atoms with van der Waals surface area (Å²) in [5.74, 6) is -0.256. The number of nitro benzene ring substituents is 1. The molecule has 2 aromatic rings. The molecule has 0 bridgehead atoms. The smallest absolute Gasteiger partial charge is 0.322 e. The van der Waals surface area contributed by atoms with E-state index in [0.717, 1.165) is 0 Å². The number of carbonyl (C=O) groups excluding carboxylic acids is 2. The number of urea groups is 1. The standard InChI is InChI=1S/C19H16N4O5/c1-21-15-10-22(12-3-2-4-13(9-12)23(27)28)18(25)16(15)17(20-19(21)26)11-5-7-14(24)8-6-11/h2-9,17,24H,10H2,1H3,(H,20,26)/t17-/m1/s1. The van der Waals surface area contributed by atoms with Gasteiger partial charge in [0.25, 0.3) is 11.6 Å². The number of phenols is 1. The first-order valence-corrected chi connectivity index (χ1v) is 8.49. The average molecular weight is 380 g/mol. The lowest BCUT2D eigenvalue weighted by Crippen LogP contribution is -2.45. The van der Waals surface area contributed by atoms with Crippen LogP contribution >= 0.6 is 0 Å². The number of rotatable bonds is 3. The molecule has 2 aromatic carbocycles. The quantitative estimate of drug-likeness (QED) is 0.626. The third kappa shape index (κ3) is 2.73. The van der Waals surface area contributed by atoms with E-state index in [0.29, 0.717) is 22.5 Å². The van der Waals surface area contributed by atoms with E-state index < -0.39 is 11.0 Å². The molecule has 0 saturated carbocycles. The highest BCUT2D eigenvalue weighted by molar-refractivity contribution is 6.11. The zero-order chi connectivity index (χ0) is 20.0. The normalized spacial score (nSPS) is 19.0. The highest BCUT2D eigenvalue weighted by Gasteiger charge is 2.43. The van der Waals surface area contributed by atoms with Gasteiger partial charge >= 0.3 is 6.03 Å². The van der Waals surface area contributed by atoms with Crippen molar-refractivity contribution >= 4 is 23.3 Å². The van der Waals surface area contributed by atoms with Gasteiger partial charge in [0, 0.05) is 19.2 Å². The number of likely N-dealkylation sites (N-methyl/N-ethyl adjacent to an activating group) is 1. The molecule has 0 radical (unpaired) electrons. The van der Waals surface area contributed by atoms with Gasteiger partial charge in [0.1, 0.15) is 5.75 Å². The topological polar surface area (TPSA) is 116 Å². The molecule has 3 amide bonds. The van der Waals surface area contributed by atoms with Crippen LogP contribution in [0.25, 0.3) is 0 Å². The molecule has 2 heterocycles. The van der Waals surface area contributed by atoms with Crippen molar-refractivity contribution in [1.82, 2.24) is 10.2 Å². The number of phenolic OH excluding ortho intramolecular Hbond substituents is 1.